The predicted octanol–water partition coefficient (Wildman–Crippen LogP) is 2.84. The number of carbonyl (C=O) groups is 2. The summed E-state index contributed by atoms with van der Waals surface area (Å²) in [6.07, 6.45) is -4.01. The molecule has 2 bridgehead atoms. The van der Waals surface area contributed by atoms with Crippen LogP contribution in [0.1, 0.15) is 29.6 Å². The first-order valence-corrected chi connectivity index (χ1v) is 9.56. The van der Waals surface area contributed by atoms with Crippen molar-refractivity contribution in [2.24, 2.45) is 0 Å². The molecular formula is C20H23F3N2O6. The average Bonchev–Trinajstić information content (AvgIpc) is 3.30. The Morgan fingerprint density at radius 3 is 2.58 bits per heavy atom. The summed E-state index contributed by atoms with van der Waals surface area (Å²) in [5.74, 6) is -1.66. The second-order valence-electron chi connectivity index (χ2n) is 7.21. The topological polar surface area (TPSA) is 101 Å². The van der Waals surface area contributed by atoms with Gasteiger partial charge in [-0.25, -0.2) is 9.59 Å². The number of ether oxygens (including phenoxy) is 3. The molecule has 3 heterocycles. The van der Waals surface area contributed by atoms with Crippen molar-refractivity contribution in [1.29, 1.82) is 0 Å². The van der Waals surface area contributed by atoms with Crippen molar-refractivity contribution in [3.63, 3.8) is 0 Å². The molecule has 8 nitrogen and oxygen atoms in total. The molecule has 170 valence electrons. The van der Waals surface area contributed by atoms with E-state index in [0.717, 1.165) is 41.9 Å². The fourth-order valence-electron chi connectivity index (χ4n) is 4.01. The summed E-state index contributed by atoms with van der Waals surface area (Å²) >= 11 is 0. The highest BCUT2D eigenvalue weighted by Crippen LogP contribution is 2.46. The number of fused-ring (bicyclic) bond motifs is 6. The van der Waals surface area contributed by atoms with E-state index in [2.05, 4.69) is 16.0 Å². The highest BCUT2D eigenvalue weighted by molar-refractivity contribution is 5.90. The molecule has 1 aromatic heterocycles. The first kappa shape index (κ1) is 22.9. The van der Waals surface area contributed by atoms with Gasteiger partial charge in [-0.05, 0) is 36.7 Å². The second-order valence-corrected chi connectivity index (χ2v) is 7.21. The number of aliphatic carboxylic acids is 1. The predicted molar refractivity (Wildman–Crippen MR) is 103 cm³/mol. The van der Waals surface area contributed by atoms with Gasteiger partial charge in [0.15, 0.2) is 0 Å². The molecule has 11 heteroatoms. The number of carboxylic acids is 1. The molecule has 1 fully saturated rings. The quantitative estimate of drug-likeness (QED) is 0.540. The van der Waals surface area contributed by atoms with Crippen molar-refractivity contribution in [2.75, 3.05) is 40.5 Å². The van der Waals surface area contributed by atoms with Crippen LogP contribution in [0, 0.1) is 0 Å². The maximum atomic E-state index is 12.7. The van der Waals surface area contributed by atoms with Crippen LogP contribution in [0.2, 0.25) is 0 Å². The number of aromatic nitrogens is 1. The number of aromatic amines is 1. The standard InChI is InChI=1S/C18H22N2O4.C2HF3O2/c1-22-7-8-24-18(21)17-16-15(11-5-6-20(17)10-11)13-9-12(23-2)3-4-14(13)19-16;3-2(4,5)1(6)7/h3-4,9,11,17,19H,5-8,10H2,1-2H3;(H,6,7). The second kappa shape index (κ2) is 9.15. The number of esters is 1. The van der Waals surface area contributed by atoms with Crippen LogP contribution >= 0.6 is 0 Å². The number of nitrogens with zero attached hydrogens (tertiary/aromatic N) is 1. The van der Waals surface area contributed by atoms with E-state index in [1.165, 1.54) is 5.56 Å². The Morgan fingerprint density at radius 2 is 1.97 bits per heavy atom. The number of nitrogens with one attached hydrogen (secondary N) is 1. The highest BCUT2D eigenvalue weighted by Gasteiger charge is 2.44. The number of alkyl halides is 3. The zero-order chi connectivity index (χ0) is 22.8. The minimum absolute atomic E-state index is 0.202. The van der Waals surface area contributed by atoms with Gasteiger partial charge in [0.1, 0.15) is 18.4 Å². The number of carbonyl (C=O) groups excluding carboxylic acids is 1. The first-order valence-electron chi connectivity index (χ1n) is 9.56. The Hall–Kier alpha value is -2.79. The van der Waals surface area contributed by atoms with E-state index in [1.807, 2.05) is 12.1 Å². The minimum atomic E-state index is -5.08. The first-order chi connectivity index (χ1) is 14.7. The molecule has 2 aromatic rings. The van der Waals surface area contributed by atoms with Crippen LogP contribution in [0.4, 0.5) is 13.2 Å². The van der Waals surface area contributed by atoms with Crippen molar-refractivity contribution in [3.05, 3.63) is 29.5 Å². The molecule has 1 saturated heterocycles. The molecule has 0 radical (unpaired) electrons. The molecule has 1 aromatic carbocycles. The van der Waals surface area contributed by atoms with Crippen LogP contribution in [0.15, 0.2) is 18.2 Å². The number of rotatable bonds is 5. The fraction of sp³-hybridized carbons (Fsp3) is 0.500. The van der Waals surface area contributed by atoms with E-state index >= 15 is 0 Å². The maximum Gasteiger partial charge on any atom is 0.490 e. The van der Waals surface area contributed by atoms with Crippen LogP contribution < -0.4 is 4.74 Å². The summed E-state index contributed by atoms with van der Waals surface area (Å²) in [6, 6.07) is 5.66. The normalized spacial score (nSPS) is 21.8. The Morgan fingerprint density at radius 1 is 1.26 bits per heavy atom. The molecule has 31 heavy (non-hydrogen) atoms. The summed E-state index contributed by atoms with van der Waals surface area (Å²) in [5, 5.41) is 8.28. The highest BCUT2D eigenvalue weighted by atomic mass is 19.4. The maximum absolute atomic E-state index is 12.7. The lowest BCUT2D eigenvalue weighted by molar-refractivity contribution is -0.192. The van der Waals surface area contributed by atoms with Gasteiger partial charge in [0.2, 0.25) is 0 Å². The molecule has 3 atom stereocenters. The van der Waals surface area contributed by atoms with E-state index in [9.17, 15) is 18.0 Å². The number of carboxylic acid groups (broad SMARTS) is 1. The lowest BCUT2D eigenvalue weighted by Gasteiger charge is -2.30. The van der Waals surface area contributed by atoms with E-state index in [-0.39, 0.29) is 18.6 Å². The number of H-pyrrole nitrogens is 1. The van der Waals surface area contributed by atoms with E-state index in [4.69, 9.17) is 24.1 Å². The van der Waals surface area contributed by atoms with E-state index in [1.54, 1.807) is 14.2 Å². The van der Waals surface area contributed by atoms with Gasteiger partial charge in [0, 0.05) is 36.2 Å². The third kappa shape index (κ3) is 4.77. The third-order valence-corrected chi connectivity index (χ3v) is 5.34. The smallest absolute Gasteiger partial charge is 0.490 e. The molecule has 2 aliphatic heterocycles. The zero-order valence-corrected chi connectivity index (χ0v) is 17.0. The molecule has 2 N–H and O–H groups in total. The molecule has 0 amide bonds. The van der Waals surface area contributed by atoms with Crippen LogP contribution in [0.5, 0.6) is 5.75 Å². The van der Waals surface area contributed by atoms with Gasteiger partial charge < -0.3 is 24.3 Å². The molecular weight excluding hydrogens is 421 g/mol. The summed E-state index contributed by atoms with van der Waals surface area (Å²) in [4.78, 5) is 27.2. The van der Waals surface area contributed by atoms with Gasteiger partial charge in [0.25, 0.3) is 0 Å². The Labute approximate surface area is 175 Å². The van der Waals surface area contributed by atoms with Crippen molar-refractivity contribution in [2.45, 2.75) is 24.6 Å². The SMILES string of the molecule is COCCOC(=O)C1c2[nH]c3ccc(OC)cc3c2C2CCN1C2.O=C(O)C(F)(F)F. The zero-order valence-electron chi connectivity index (χ0n) is 17.0. The van der Waals surface area contributed by atoms with E-state index in [0.29, 0.717) is 12.5 Å². The van der Waals surface area contributed by atoms with Crippen molar-refractivity contribution >= 4 is 22.8 Å². The number of methoxy groups -OCH3 is 2. The van der Waals surface area contributed by atoms with Crippen LogP contribution in [0.25, 0.3) is 10.9 Å². The average molecular weight is 444 g/mol. The van der Waals surface area contributed by atoms with Gasteiger partial charge in [-0.15, -0.1) is 0 Å². The fourth-order valence-corrected chi connectivity index (χ4v) is 4.01. The van der Waals surface area contributed by atoms with Crippen molar-refractivity contribution in [1.82, 2.24) is 9.88 Å². The Kier molecular flexibility index (Phi) is 6.75. The Balaban J connectivity index is 0.000000339. The minimum Gasteiger partial charge on any atom is -0.497 e. The summed E-state index contributed by atoms with van der Waals surface area (Å²) in [6.45, 7) is 2.52. The van der Waals surface area contributed by atoms with Gasteiger partial charge in [-0.2, -0.15) is 13.2 Å². The van der Waals surface area contributed by atoms with Crippen LogP contribution in [-0.4, -0.2) is 73.6 Å². The molecule has 0 spiro atoms. The lowest BCUT2D eigenvalue weighted by Crippen LogP contribution is -2.37. The van der Waals surface area contributed by atoms with Gasteiger partial charge in [0.05, 0.1) is 13.7 Å². The van der Waals surface area contributed by atoms with Gasteiger partial charge in [-0.3, -0.25) is 4.90 Å². The number of hydrogen-bond acceptors (Lipinski definition) is 6. The summed E-state index contributed by atoms with van der Waals surface area (Å²) < 4.78 is 47.5. The molecule has 2 aliphatic rings. The molecule has 0 saturated carbocycles. The third-order valence-electron chi connectivity index (χ3n) is 5.34. The van der Waals surface area contributed by atoms with Gasteiger partial charge in [-0.1, -0.05) is 0 Å². The number of hydrogen-bond donors (Lipinski definition) is 2. The molecule has 0 aliphatic carbocycles. The van der Waals surface area contributed by atoms with Crippen LogP contribution in [-0.2, 0) is 19.1 Å². The largest absolute Gasteiger partial charge is 0.497 e. The van der Waals surface area contributed by atoms with E-state index < -0.39 is 12.1 Å². The summed E-state index contributed by atoms with van der Waals surface area (Å²) in [7, 11) is 3.27. The van der Waals surface area contributed by atoms with Crippen molar-refractivity contribution in [3.8, 4) is 5.75 Å². The summed E-state index contributed by atoms with van der Waals surface area (Å²) in [5.41, 5.74) is 3.28. The monoisotopic (exact) mass is 444 g/mol. The molecule has 3 unspecified atom stereocenters. The Bertz CT molecular complexity index is 958. The van der Waals surface area contributed by atoms with Gasteiger partial charge >= 0.3 is 18.1 Å². The molecule has 4 rings (SSSR count). The van der Waals surface area contributed by atoms with Crippen LogP contribution in [0.3, 0.4) is 0 Å². The van der Waals surface area contributed by atoms with Crippen molar-refractivity contribution < 1.29 is 42.1 Å². The number of benzene rings is 1. The lowest BCUT2D eigenvalue weighted by atomic mass is 9.90. The number of halogens is 3.